The molecule has 2 amide bonds. The molecule has 4 aromatic rings. The number of carbonyl (C=O) groups is 2. The number of hydrogen-bond donors (Lipinski definition) is 0. The Bertz CT molecular complexity index is 1700. The zero-order chi connectivity index (χ0) is 29.3. The molecule has 2 fully saturated rings. The first kappa shape index (κ1) is 27.5. The van der Waals surface area contributed by atoms with Crippen LogP contribution in [0.15, 0.2) is 114 Å². The molecule has 0 unspecified atom stereocenters. The van der Waals surface area contributed by atoms with E-state index in [2.05, 4.69) is 0 Å². The molecule has 2 saturated heterocycles. The predicted octanol–water partition coefficient (Wildman–Crippen LogP) is 5.29. The predicted molar refractivity (Wildman–Crippen MR) is 155 cm³/mol. The molecule has 3 atom stereocenters. The van der Waals surface area contributed by atoms with Crippen LogP contribution in [0.5, 0.6) is 11.5 Å². The van der Waals surface area contributed by atoms with E-state index < -0.39 is 40.0 Å². The van der Waals surface area contributed by atoms with Gasteiger partial charge in [-0.2, -0.15) is 8.42 Å². The summed E-state index contributed by atoms with van der Waals surface area (Å²) in [5.74, 6) is -1.28. The van der Waals surface area contributed by atoms with Crippen LogP contribution in [-0.2, 0) is 24.5 Å². The molecule has 0 saturated carbocycles. The van der Waals surface area contributed by atoms with Crippen molar-refractivity contribution in [3.63, 3.8) is 0 Å². The minimum Gasteiger partial charge on any atom is -0.494 e. The van der Waals surface area contributed by atoms with Crippen LogP contribution < -0.4 is 18.9 Å². The van der Waals surface area contributed by atoms with Gasteiger partial charge >= 0.3 is 10.1 Å². The van der Waals surface area contributed by atoms with Gasteiger partial charge in [0.25, 0.3) is 5.91 Å². The lowest BCUT2D eigenvalue weighted by Gasteiger charge is -2.29. The van der Waals surface area contributed by atoms with Gasteiger partial charge in [-0.25, -0.2) is 9.96 Å². The number of benzene rings is 4. The highest BCUT2D eigenvalue weighted by Crippen LogP contribution is 2.49. The van der Waals surface area contributed by atoms with Gasteiger partial charge in [0, 0.05) is 5.56 Å². The molecule has 10 heteroatoms. The van der Waals surface area contributed by atoms with E-state index in [1.54, 1.807) is 72.8 Å². The third-order valence-electron chi connectivity index (χ3n) is 7.16. The van der Waals surface area contributed by atoms with Gasteiger partial charge in [0.05, 0.1) is 24.0 Å². The van der Waals surface area contributed by atoms with Crippen LogP contribution in [-0.4, -0.2) is 32.9 Å². The van der Waals surface area contributed by atoms with E-state index in [0.29, 0.717) is 29.3 Å². The van der Waals surface area contributed by atoms with Crippen molar-refractivity contribution < 1.29 is 31.8 Å². The third kappa shape index (κ3) is 4.99. The molecule has 214 valence electrons. The number of fused-ring (bicyclic) bond motifs is 1. The minimum atomic E-state index is -4.19. The van der Waals surface area contributed by atoms with Crippen LogP contribution in [0.2, 0.25) is 0 Å². The standard InChI is InChI=1S/C32H28N2O7S/c1-2-21-39-24-19-17-22(18-20-24)33-31(35)28-29(34(40-30(28)32(33)36)23-11-5-3-6-12-23)26-15-9-10-16-27(26)41-42(37,38)25-13-7-4-8-14-25/h3-20,28-30H,2,21H2,1H3/t28-,29+,30-/m1/s1. The van der Waals surface area contributed by atoms with Crippen LogP contribution in [0, 0.1) is 5.92 Å². The Kier molecular flexibility index (Phi) is 7.40. The number of imide groups is 1. The Balaban J connectivity index is 1.39. The molecule has 42 heavy (non-hydrogen) atoms. The molecule has 2 aliphatic heterocycles. The molecule has 2 aliphatic rings. The number of amides is 2. The van der Waals surface area contributed by atoms with Gasteiger partial charge in [0.1, 0.15) is 22.3 Å². The van der Waals surface area contributed by atoms with Crippen molar-refractivity contribution in [1.29, 1.82) is 0 Å². The smallest absolute Gasteiger partial charge is 0.339 e. The number of hydroxylamine groups is 1. The summed E-state index contributed by atoms with van der Waals surface area (Å²) < 4.78 is 37.7. The molecule has 0 N–H and O–H groups in total. The Labute approximate surface area is 243 Å². The highest BCUT2D eigenvalue weighted by atomic mass is 32.2. The number of hydrogen-bond acceptors (Lipinski definition) is 8. The maximum absolute atomic E-state index is 14.0. The SMILES string of the molecule is CCCOc1ccc(N2C(=O)[C@H]3[C@@H](ON(c4ccccc4)[C@H]3c3ccccc3OS(=O)(=O)c3ccccc3)C2=O)cc1. The van der Waals surface area contributed by atoms with E-state index in [9.17, 15) is 18.0 Å². The average molecular weight is 585 g/mol. The van der Waals surface area contributed by atoms with Gasteiger partial charge in [-0.05, 0) is 61.0 Å². The number of ether oxygens (including phenoxy) is 1. The topological polar surface area (TPSA) is 102 Å². The van der Waals surface area contributed by atoms with E-state index in [1.807, 2.05) is 25.1 Å². The molecule has 0 aromatic heterocycles. The Hall–Kier alpha value is -4.67. The van der Waals surface area contributed by atoms with Gasteiger partial charge in [-0.1, -0.05) is 61.5 Å². The maximum atomic E-state index is 14.0. The Morgan fingerprint density at radius 2 is 1.40 bits per heavy atom. The van der Waals surface area contributed by atoms with Gasteiger partial charge in [-0.15, -0.1) is 0 Å². The number of carbonyl (C=O) groups excluding carboxylic acids is 2. The molecule has 4 aromatic carbocycles. The van der Waals surface area contributed by atoms with Crippen molar-refractivity contribution in [2.75, 3.05) is 16.6 Å². The zero-order valence-corrected chi connectivity index (χ0v) is 23.5. The Morgan fingerprint density at radius 1 is 0.762 bits per heavy atom. The highest BCUT2D eigenvalue weighted by molar-refractivity contribution is 7.87. The second-order valence-electron chi connectivity index (χ2n) is 9.90. The van der Waals surface area contributed by atoms with Crippen molar-refractivity contribution in [3.05, 3.63) is 115 Å². The maximum Gasteiger partial charge on any atom is 0.339 e. The number of rotatable bonds is 9. The van der Waals surface area contributed by atoms with Gasteiger partial charge in [0.2, 0.25) is 5.91 Å². The minimum absolute atomic E-state index is 0.00933. The summed E-state index contributed by atoms with van der Waals surface area (Å²) in [6.45, 7) is 2.56. The summed E-state index contributed by atoms with van der Waals surface area (Å²) in [5.41, 5.74) is 1.38. The lowest BCUT2D eigenvalue weighted by molar-refractivity contribution is -0.126. The fourth-order valence-corrected chi connectivity index (χ4v) is 6.22. The summed E-state index contributed by atoms with van der Waals surface area (Å²) in [6.07, 6.45) is -0.277. The number of anilines is 2. The quantitative estimate of drug-likeness (QED) is 0.193. The van der Waals surface area contributed by atoms with E-state index >= 15 is 0 Å². The monoisotopic (exact) mass is 584 g/mol. The van der Waals surface area contributed by atoms with Crippen LogP contribution in [0.4, 0.5) is 11.4 Å². The largest absolute Gasteiger partial charge is 0.494 e. The molecule has 2 heterocycles. The molecule has 9 nitrogen and oxygen atoms in total. The molecular formula is C32H28N2O7S. The Morgan fingerprint density at radius 3 is 2.10 bits per heavy atom. The summed E-state index contributed by atoms with van der Waals surface area (Å²) in [7, 11) is -4.19. The highest BCUT2D eigenvalue weighted by Gasteiger charge is 2.60. The zero-order valence-electron chi connectivity index (χ0n) is 22.7. The molecule has 0 bridgehead atoms. The van der Waals surface area contributed by atoms with E-state index in [1.165, 1.54) is 23.3 Å². The molecule has 0 spiro atoms. The fourth-order valence-electron chi connectivity index (χ4n) is 5.25. The summed E-state index contributed by atoms with van der Waals surface area (Å²) in [4.78, 5) is 35.1. The number of para-hydroxylation sites is 2. The number of nitrogens with zero attached hydrogens (tertiary/aromatic N) is 2. The van der Waals surface area contributed by atoms with Crippen LogP contribution in [0.1, 0.15) is 24.9 Å². The summed E-state index contributed by atoms with van der Waals surface area (Å²) >= 11 is 0. The van der Waals surface area contributed by atoms with Crippen molar-refractivity contribution >= 4 is 33.3 Å². The molecular weight excluding hydrogens is 556 g/mol. The van der Waals surface area contributed by atoms with Gasteiger partial charge in [0.15, 0.2) is 6.10 Å². The normalized spacial score (nSPS) is 20.1. The van der Waals surface area contributed by atoms with E-state index in [-0.39, 0.29) is 10.6 Å². The fraction of sp³-hybridized carbons (Fsp3) is 0.188. The second-order valence-corrected chi connectivity index (χ2v) is 11.4. The van der Waals surface area contributed by atoms with Crippen LogP contribution in [0.25, 0.3) is 0 Å². The van der Waals surface area contributed by atoms with Crippen molar-refractivity contribution in [3.8, 4) is 11.5 Å². The lowest BCUT2D eigenvalue weighted by Crippen LogP contribution is -2.37. The van der Waals surface area contributed by atoms with Crippen molar-refractivity contribution in [1.82, 2.24) is 0 Å². The second kappa shape index (κ2) is 11.3. The molecule has 0 aliphatic carbocycles. The van der Waals surface area contributed by atoms with E-state index in [4.69, 9.17) is 13.8 Å². The van der Waals surface area contributed by atoms with Crippen molar-refractivity contribution in [2.24, 2.45) is 5.92 Å². The third-order valence-corrected chi connectivity index (χ3v) is 8.41. The molecule has 0 radical (unpaired) electrons. The van der Waals surface area contributed by atoms with Gasteiger partial charge in [-0.3, -0.25) is 14.4 Å². The van der Waals surface area contributed by atoms with Crippen molar-refractivity contribution in [2.45, 2.75) is 30.4 Å². The first-order valence-corrected chi connectivity index (χ1v) is 15.0. The summed E-state index contributed by atoms with van der Waals surface area (Å²) in [5, 5.41) is 1.50. The van der Waals surface area contributed by atoms with Crippen LogP contribution >= 0.6 is 0 Å². The van der Waals surface area contributed by atoms with E-state index in [0.717, 1.165) is 11.3 Å². The van der Waals surface area contributed by atoms with Gasteiger partial charge < -0.3 is 8.92 Å². The van der Waals surface area contributed by atoms with Crippen LogP contribution in [0.3, 0.4) is 0 Å². The average Bonchev–Trinajstić information content (AvgIpc) is 3.52. The first-order valence-electron chi connectivity index (χ1n) is 13.6. The molecule has 6 rings (SSSR count). The first-order chi connectivity index (χ1) is 20.4. The summed E-state index contributed by atoms with van der Waals surface area (Å²) in [6, 6.07) is 29.3. The lowest BCUT2D eigenvalue weighted by atomic mass is 9.90.